The van der Waals surface area contributed by atoms with E-state index in [0.717, 1.165) is 22.1 Å². The Kier molecular flexibility index (Phi) is 5.89. The van der Waals surface area contributed by atoms with Crippen LogP contribution in [0.5, 0.6) is 0 Å². The van der Waals surface area contributed by atoms with Gasteiger partial charge in [0.15, 0.2) is 0 Å². The van der Waals surface area contributed by atoms with E-state index in [-0.39, 0.29) is 0 Å². The predicted octanol–water partition coefficient (Wildman–Crippen LogP) is 14.4. The highest BCUT2D eigenvalue weighted by Crippen LogP contribution is 2.48. The summed E-state index contributed by atoms with van der Waals surface area (Å²) in [5.74, 6) is 0. The zero-order valence-electron chi connectivity index (χ0n) is 27.0. The van der Waals surface area contributed by atoms with Crippen molar-refractivity contribution < 1.29 is 4.42 Å². The molecule has 0 atom stereocenters. The summed E-state index contributed by atoms with van der Waals surface area (Å²) in [6, 6.07) is 61.9. The van der Waals surface area contributed by atoms with Gasteiger partial charge in [0.05, 0.1) is 0 Å². The van der Waals surface area contributed by atoms with E-state index in [4.69, 9.17) is 4.42 Å². The van der Waals surface area contributed by atoms with Crippen LogP contribution in [0.15, 0.2) is 174 Å². The Morgan fingerprint density at radius 3 is 1.56 bits per heavy atom. The Morgan fingerprint density at radius 1 is 0.340 bits per heavy atom. The van der Waals surface area contributed by atoms with Crippen molar-refractivity contribution in [3.05, 3.63) is 170 Å². The molecule has 0 aliphatic carbocycles. The lowest BCUT2D eigenvalue weighted by atomic mass is 9.85. The van der Waals surface area contributed by atoms with Crippen LogP contribution in [0.4, 0.5) is 0 Å². The van der Waals surface area contributed by atoms with Crippen LogP contribution < -0.4 is 0 Å². The quantitative estimate of drug-likeness (QED) is 0.173. The standard InChI is InChI=1S/C48H28OS/c1-2-12-32-27-33(26-21-29(32)11-1)45-37-16-5-3-14-35(37)44(36-15-4-6-17-38(36)45)30-22-24-31(25-23-30)46-47-39-18-8-10-20-42(39)50-43(47)28-40-34-13-7-9-19-41(34)49-48(40)46/h1-28H. The summed E-state index contributed by atoms with van der Waals surface area (Å²) in [5, 5.41) is 12.4. The zero-order chi connectivity index (χ0) is 32.8. The van der Waals surface area contributed by atoms with E-state index in [1.54, 1.807) is 0 Å². The third-order valence-electron chi connectivity index (χ3n) is 10.4. The summed E-state index contributed by atoms with van der Waals surface area (Å²) in [5.41, 5.74) is 9.19. The SMILES string of the molecule is c1ccc2cc(-c3c4ccccc4c(-c4ccc(-c5c6oc7ccccc7c6cc6sc7ccccc7c56)cc4)c4ccccc34)ccc2c1. The van der Waals surface area contributed by atoms with Crippen molar-refractivity contribution in [1.29, 1.82) is 0 Å². The Morgan fingerprint density at radius 2 is 0.860 bits per heavy atom. The number of rotatable bonds is 3. The van der Waals surface area contributed by atoms with Gasteiger partial charge in [0.25, 0.3) is 0 Å². The van der Waals surface area contributed by atoms with E-state index in [0.29, 0.717) is 0 Å². The molecule has 0 saturated carbocycles. The van der Waals surface area contributed by atoms with E-state index in [2.05, 4.69) is 170 Å². The largest absolute Gasteiger partial charge is 0.455 e. The molecule has 1 nitrogen and oxygen atoms in total. The van der Waals surface area contributed by atoms with E-state index < -0.39 is 0 Å². The van der Waals surface area contributed by atoms with Crippen molar-refractivity contribution in [2.24, 2.45) is 0 Å². The average Bonchev–Trinajstić information content (AvgIpc) is 3.74. The van der Waals surface area contributed by atoms with E-state index >= 15 is 0 Å². The van der Waals surface area contributed by atoms with Gasteiger partial charge in [0.2, 0.25) is 0 Å². The van der Waals surface area contributed by atoms with Gasteiger partial charge in [0, 0.05) is 36.5 Å². The van der Waals surface area contributed by atoms with E-state index in [1.807, 2.05) is 11.3 Å². The number of thiophene rings is 1. The Bertz CT molecular complexity index is 3080. The molecule has 9 aromatic carbocycles. The Balaban J connectivity index is 1.16. The minimum atomic E-state index is 0.923. The minimum Gasteiger partial charge on any atom is -0.455 e. The van der Waals surface area contributed by atoms with Crippen LogP contribution in [0, 0.1) is 0 Å². The molecular formula is C48H28OS. The highest BCUT2D eigenvalue weighted by Gasteiger charge is 2.21. The lowest BCUT2D eigenvalue weighted by Crippen LogP contribution is -1.91. The molecule has 0 saturated heterocycles. The van der Waals surface area contributed by atoms with Gasteiger partial charge in [-0.15, -0.1) is 11.3 Å². The fourth-order valence-corrected chi connectivity index (χ4v) is 9.39. The molecule has 0 bridgehead atoms. The number of para-hydroxylation sites is 1. The van der Waals surface area contributed by atoms with Crippen LogP contribution in [0.3, 0.4) is 0 Å². The first-order chi connectivity index (χ1) is 24.8. The normalized spacial score (nSPS) is 12.0. The van der Waals surface area contributed by atoms with Crippen LogP contribution in [0.1, 0.15) is 0 Å². The number of benzene rings is 9. The second kappa shape index (κ2) is 10.6. The number of fused-ring (bicyclic) bond motifs is 9. The summed E-state index contributed by atoms with van der Waals surface area (Å²) in [6.45, 7) is 0. The first-order valence-corrected chi connectivity index (χ1v) is 17.9. The molecule has 0 spiro atoms. The highest BCUT2D eigenvalue weighted by molar-refractivity contribution is 7.26. The lowest BCUT2D eigenvalue weighted by Gasteiger charge is -2.18. The number of hydrogen-bond acceptors (Lipinski definition) is 2. The molecule has 50 heavy (non-hydrogen) atoms. The van der Waals surface area contributed by atoms with Crippen molar-refractivity contribution in [2.75, 3.05) is 0 Å². The molecular weight excluding hydrogens is 625 g/mol. The monoisotopic (exact) mass is 652 g/mol. The van der Waals surface area contributed by atoms with Crippen LogP contribution in [-0.2, 0) is 0 Å². The van der Waals surface area contributed by atoms with Crippen molar-refractivity contribution in [1.82, 2.24) is 0 Å². The molecule has 232 valence electrons. The van der Waals surface area contributed by atoms with Gasteiger partial charge in [-0.05, 0) is 84.4 Å². The summed E-state index contributed by atoms with van der Waals surface area (Å²) in [7, 11) is 0. The molecule has 0 amide bonds. The molecule has 11 rings (SSSR count). The van der Waals surface area contributed by atoms with Gasteiger partial charge < -0.3 is 4.42 Å². The topological polar surface area (TPSA) is 13.1 Å². The van der Waals surface area contributed by atoms with Gasteiger partial charge in [-0.2, -0.15) is 0 Å². The number of furan rings is 1. The van der Waals surface area contributed by atoms with E-state index in [9.17, 15) is 0 Å². The maximum Gasteiger partial charge on any atom is 0.143 e. The van der Waals surface area contributed by atoms with Gasteiger partial charge in [-0.3, -0.25) is 0 Å². The van der Waals surface area contributed by atoms with Gasteiger partial charge >= 0.3 is 0 Å². The molecule has 2 heteroatoms. The number of hydrogen-bond donors (Lipinski definition) is 0. The first kappa shape index (κ1) is 27.7. The second-order valence-corrected chi connectivity index (χ2v) is 14.3. The lowest BCUT2D eigenvalue weighted by molar-refractivity contribution is 0.670. The third-order valence-corrected chi connectivity index (χ3v) is 11.6. The van der Waals surface area contributed by atoms with Crippen LogP contribution >= 0.6 is 11.3 Å². The van der Waals surface area contributed by atoms with Crippen LogP contribution in [-0.4, -0.2) is 0 Å². The highest BCUT2D eigenvalue weighted by atomic mass is 32.1. The van der Waals surface area contributed by atoms with Crippen molar-refractivity contribution >= 4 is 85.8 Å². The molecule has 2 aromatic heterocycles. The zero-order valence-corrected chi connectivity index (χ0v) is 27.8. The predicted molar refractivity (Wildman–Crippen MR) is 215 cm³/mol. The molecule has 0 fully saturated rings. The molecule has 11 aromatic rings. The second-order valence-electron chi connectivity index (χ2n) is 13.2. The molecule has 0 unspecified atom stereocenters. The maximum absolute atomic E-state index is 6.68. The minimum absolute atomic E-state index is 0.923. The Hall–Kier alpha value is -6.22. The van der Waals surface area contributed by atoms with Crippen molar-refractivity contribution in [2.45, 2.75) is 0 Å². The molecule has 0 radical (unpaired) electrons. The van der Waals surface area contributed by atoms with Gasteiger partial charge in [0.1, 0.15) is 11.2 Å². The third kappa shape index (κ3) is 4.00. The summed E-state index contributed by atoms with van der Waals surface area (Å²) < 4.78 is 9.26. The fraction of sp³-hybridized carbons (Fsp3) is 0. The Labute approximate surface area is 292 Å². The molecule has 2 heterocycles. The van der Waals surface area contributed by atoms with E-state index in [1.165, 1.54) is 85.7 Å². The summed E-state index contributed by atoms with van der Waals surface area (Å²) in [4.78, 5) is 0. The average molecular weight is 653 g/mol. The maximum atomic E-state index is 6.68. The molecule has 0 aliphatic rings. The van der Waals surface area contributed by atoms with Crippen molar-refractivity contribution in [3.8, 4) is 33.4 Å². The van der Waals surface area contributed by atoms with Gasteiger partial charge in [-0.25, -0.2) is 0 Å². The molecule has 0 N–H and O–H groups in total. The molecule has 0 aliphatic heterocycles. The van der Waals surface area contributed by atoms with Crippen molar-refractivity contribution in [3.63, 3.8) is 0 Å². The van der Waals surface area contributed by atoms with Crippen LogP contribution in [0.2, 0.25) is 0 Å². The summed E-state index contributed by atoms with van der Waals surface area (Å²) in [6.07, 6.45) is 0. The first-order valence-electron chi connectivity index (χ1n) is 17.1. The smallest absolute Gasteiger partial charge is 0.143 e. The van der Waals surface area contributed by atoms with Crippen LogP contribution in [0.25, 0.3) is 108 Å². The fourth-order valence-electron chi connectivity index (χ4n) is 8.24. The summed E-state index contributed by atoms with van der Waals surface area (Å²) >= 11 is 1.86. The van der Waals surface area contributed by atoms with Gasteiger partial charge in [-0.1, -0.05) is 146 Å².